The van der Waals surface area contributed by atoms with E-state index in [2.05, 4.69) is 0 Å². The van der Waals surface area contributed by atoms with Crippen molar-refractivity contribution in [2.24, 2.45) is 11.8 Å². The number of esters is 1. The highest BCUT2D eigenvalue weighted by molar-refractivity contribution is 5.82. The Hall–Kier alpha value is -1.77. The number of carbonyl (C=O) groups is 1. The van der Waals surface area contributed by atoms with Gasteiger partial charge in [0.15, 0.2) is 0 Å². The van der Waals surface area contributed by atoms with Gasteiger partial charge in [0.2, 0.25) is 0 Å². The molecule has 0 radical (unpaired) electrons. The number of para-hydroxylation sites is 1. The lowest BCUT2D eigenvalue weighted by molar-refractivity contribution is -0.146. The quantitative estimate of drug-likeness (QED) is 0.776. The highest BCUT2D eigenvalue weighted by Crippen LogP contribution is 2.26. The predicted molar refractivity (Wildman–Crippen MR) is 70.3 cm³/mol. The topological polar surface area (TPSA) is 39.4 Å². The summed E-state index contributed by atoms with van der Waals surface area (Å²) in [4.78, 5) is 11.8. The normalized spacial score (nSPS) is 12.9. The molecule has 2 aromatic rings. The summed E-state index contributed by atoms with van der Waals surface area (Å²) in [5.74, 6) is -0.0441. The van der Waals surface area contributed by atoms with Crippen LogP contribution >= 0.6 is 0 Å². The summed E-state index contributed by atoms with van der Waals surface area (Å²) in [7, 11) is 1.44. The second-order valence-corrected chi connectivity index (χ2v) is 4.83. The lowest BCUT2D eigenvalue weighted by Crippen LogP contribution is -2.23. The number of ether oxygens (including phenoxy) is 1. The van der Waals surface area contributed by atoms with Gasteiger partial charge in [-0.3, -0.25) is 4.79 Å². The zero-order chi connectivity index (χ0) is 13.1. The Morgan fingerprint density at radius 2 is 2.06 bits per heavy atom. The number of rotatable bonds is 4. The van der Waals surface area contributed by atoms with Crippen molar-refractivity contribution in [1.82, 2.24) is 0 Å². The van der Waals surface area contributed by atoms with Crippen LogP contribution in [0.25, 0.3) is 11.0 Å². The van der Waals surface area contributed by atoms with Gasteiger partial charge in [-0.25, -0.2) is 0 Å². The van der Waals surface area contributed by atoms with Crippen LogP contribution in [0.5, 0.6) is 0 Å². The predicted octanol–water partition coefficient (Wildman–Crippen LogP) is 3.42. The van der Waals surface area contributed by atoms with Crippen LogP contribution in [0.3, 0.4) is 0 Å². The van der Waals surface area contributed by atoms with Gasteiger partial charge < -0.3 is 9.15 Å². The van der Waals surface area contributed by atoms with Gasteiger partial charge in [0.1, 0.15) is 5.58 Å². The van der Waals surface area contributed by atoms with Crippen molar-refractivity contribution in [2.45, 2.75) is 20.3 Å². The minimum absolute atomic E-state index is 0.129. The molecule has 0 N–H and O–H groups in total. The number of hydrogen-bond acceptors (Lipinski definition) is 3. The molecule has 96 valence electrons. The Balaban J connectivity index is 2.29. The van der Waals surface area contributed by atoms with Crippen molar-refractivity contribution in [3.8, 4) is 0 Å². The zero-order valence-electron chi connectivity index (χ0n) is 11.0. The van der Waals surface area contributed by atoms with Gasteiger partial charge in [-0.1, -0.05) is 32.0 Å². The van der Waals surface area contributed by atoms with Gasteiger partial charge in [-0.05, 0) is 24.0 Å². The van der Waals surface area contributed by atoms with Gasteiger partial charge in [0.05, 0.1) is 19.3 Å². The molecule has 0 fully saturated rings. The average Bonchev–Trinajstić information content (AvgIpc) is 2.78. The van der Waals surface area contributed by atoms with Crippen LogP contribution in [0.15, 0.2) is 34.9 Å². The third-order valence-electron chi connectivity index (χ3n) is 3.31. The summed E-state index contributed by atoms with van der Waals surface area (Å²) in [5.41, 5.74) is 1.93. The van der Waals surface area contributed by atoms with E-state index in [1.165, 1.54) is 7.11 Å². The Kier molecular flexibility index (Phi) is 3.70. The molecule has 0 aliphatic carbocycles. The highest BCUT2D eigenvalue weighted by Gasteiger charge is 2.24. The first kappa shape index (κ1) is 12.7. The molecule has 1 atom stereocenters. The molecule has 0 saturated carbocycles. The molecule has 3 heteroatoms. The van der Waals surface area contributed by atoms with Crippen molar-refractivity contribution in [2.75, 3.05) is 7.11 Å². The van der Waals surface area contributed by atoms with Crippen LogP contribution in [0.1, 0.15) is 19.4 Å². The van der Waals surface area contributed by atoms with Crippen LogP contribution in [-0.4, -0.2) is 13.1 Å². The number of benzene rings is 1. The van der Waals surface area contributed by atoms with Crippen LogP contribution in [0.2, 0.25) is 0 Å². The molecule has 0 bridgehead atoms. The van der Waals surface area contributed by atoms with Gasteiger partial charge in [-0.15, -0.1) is 0 Å². The van der Waals surface area contributed by atoms with E-state index in [4.69, 9.17) is 9.15 Å². The molecule has 0 aliphatic heterocycles. The van der Waals surface area contributed by atoms with E-state index in [1.54, 1.807) is 6.26 Å². The molecule has 0 amide bonds. The van der Waals surface area contributed by atoms with E-state index in [0.29, 0.717) is 6.42 Å². The molecule has 1 aromatic heterocycles. The van der Waals surface area contributed by atoms with Gasteiger partial charge in [-0.2, -0.15) is 0 Å². The SMILES string of the molecule is COC(=O)C(Cc1coc2ccccc12)C(C)C. The molecule has 0 spiro atoms. The van der Waals surface area contributed by atoms with E-state index < -0.39 is 0 Å². The second kappa shape index (κ2) is 5.25. The largest absolute Gasteiger partial charge is 0.469 e. The van der Waals surface area contributed by atoms with Crippen LogP contribution < -0.4 is 0 Å². The Morgan fingerprint density at radius 3 is 2.72 bits per heavy atom. The van der Waals surface area contributed by atoms with Crippen molar-refractivity contribution >= 4 is 16.9 Å². The van der Waals surface area contributed by atoms with Crippen LogP contribution in [-0.2, 0) is 16.0 Å². The smallest absolute Gasteiger partial charge is 0.309 e. The maximum atomic E-state index is 11.8. The number of methoxy groups -OCH3 is 1. The Morgan fingerprint density at radius 1 is 1.33 bits per heavy atom. The van der Waals surface area contributed by atoms with Crippen molar-refractivity contribution in [1.29, 1.82) is 0 Å². The summed E-state index contributed by atoms with van der Waals surface area (Å²) in [6.07, 6.45) is 2.39. The number of hydrogen-bond donors (Lipinski definition) is 0. The fourth-order valence-electron chi connectivity index (χ4n) is 2.17. The molecule has 0 aliphatic rings. The molecule has 1 unspecified atom stereocenters. The van der Waals surface area contributed by atoms with E-state index in [1.807, 2.05) is 38.1 Å². The van der Waals surface area contributed by atoms with Crippen LogP contribution in [0, 0.1) is 11.8 Å². The Labute approximate surface area is 107 Å². The number of furan rings is 1. The summed E-state index contributed by atoms with van der Waals surface area (Å²) in [6.45, 7) is 4.06. The van der Waals surface area contributed by atoms with Crippen molar-refractivity contribution in [3.05, 3.63) is 36.1 Å². The molecule has 18 heavy (non-hydrogen) atoms. The van der Waals surface area contributed by atoms with E-state index in [0.717, 1.165) is 16.5 Å². The third kappa shape index (κ3) is 2.40. The van der Waals surface area contributed by atoms with Gasteiger partial charge in [0, 0.05) is 5.39 Å². The zero-order valence-corrected chi connectivity index (χ0v) is 11.0. The maximum Gasteiger partial charge on any atom is 0.309 e. The first-order valence-electron chi connectivity index (χ1n) is 6.16. The molecule has 3 nitrogen and oxygen atoms in total. The molecular weight excluding hydrogens is 228 g/mol. The Bertz CT molecular complexity index is 539. The number of carbonyl (C=O) groups excluding carboxylic acids is 1. The molecular formula is C15H18O3. The summed E-state index contributed by atoms with van der Waals surface area (Å²) in [6, 6.07) is 7.86. The summed E-state index contributed by atoms with van der Waals surface area (Å²) in [5, 5.41) is 1.08. The third-order valence-corrected chi connectivity index (χ3v) is 3.31. The lowest BCUT2D eigenvalue weighted by Gasteiger charge is -2.17. The van der Waals surface area contributed by atoms with Crippen molar-refractivity contribution in [3.63, 3.8) is 0 Å². The lowest BCUT2D eigenvalue weighted by atomic mass is 9.89. The summed E-state index contributed by atoms with van der Waals surface area (Å²) < 4.78 is 10.4. The van der Waals surface area contributed by atoms with E-state index >= 15 is 0 Å². The van der Waals surface area contributed by atoms with Crippen molar-refractivity contribution < 1.29 is 13.9 Å². The highest BCUT2D eigenvalue weighted by atomic mass is 16.5. The maximum absolute atomic E-state index is 11.8. The number of fused-ring (bicyclic) bond motifs is 1. The monoisotopic (exact) mass is 246 g/mol. The molecule has 0 saturated heterocycles. The van der Waals surface area contributed by atoms with E-state index in [9.17, 15) is 4.79 Å². The van der Waals surface area contributed by atoms with E-state index in [-0.39, 0.29) is 17.8 Å². The first-order valence-corrected chi connectivity index (χ1v) is 6.16. The first-order chi connectivity index (χ1) is 8.63. The minimum Gasteiger partial charge on any atom is -0.469 e. The fraction of sp³-hybridized carbons (Fsp3) is 0.400. The molecule has 1 aromatic carbocycles. The van der Waals surface area contributed by atoms with Gasteiger partial charge in [0.25, 0.3) is 0 Å². The van der Waals surface area contributed by atoms with Crippen LogP contribution in [0.4, 0.5) is 0 Å². The molecule has 1 heterocycles. The van der Waals surface area contributed by atoms with Gasteiger partial charge >= 0.3 is 5.97 Å². The minimum atomic E-state index is -0.157. The fourth-order valence-corrected chi connectivity index (χ4v) is 2.17. The molecule has 2 rings (SSSR count). The summed E-state index contributed by atoms with van der Waals surface area (Å²) >= 11 is 0. The second-order valence-electron chi connectivity index (χ2n) is 4.83. The average molecular weight is 246 g/mol. The standard InChI is InChI=1S/C15H18O3/c1-10(2)13(15(16)17-3)8-11-9-18-14-7-5-4-6-12(11)14/h4-7,9-10,13H,8H2,1-3H3.